The van der Waals surface area contributed by atoms with Crippen molar-refractivity contribution in [1.29, 1.82) is 0 Å². The second-order valence-corrected chi connectivity index (χ2v) is 16.2. The number of nitrogens with zero attached hydrogens (tertiary/aromatic N) is 2. The highest BCUT2D eigenvalue weighted by atomic mass is 16.5. The van der Waals surface area contributed by atoms with Gasteiger partial charge in [-0.05, 0) is 79.1 Å². The van der Waals surface area contributed by atoms with Crippen molar-refractivity contribution in [2.45, 2.75) is 221 Å². The van der Waals surface area contributed by atoms with Crippen LogP contribution in [0.1, 0.15) is 208 Å². The van der Waals surface area contributed by atoms with Crippen molar-refractivity contribution in [2.24, 2.45) is 0 Å². The fourth-order valence-corrected chi connectivity index (χ4v) is 6.92. The second kappa shape index (κ2) is 41.4. The molecule has 0 radical (unpaired) electrons. The van der Waals surface area contributed by atoms with Crippen molar-refractivity contribution in [1.82, 2.24) is 9.80 Å². The number of hydrogen-bond donors (Lipinski definition) is 0. The first-order valence-corrected chi connectivity index (χ1v) is 23.3. The van der Waals surface area contributed by atoms with Crippen molar-refractivity contribution in [2.75, 3.05) is 65.8 Å². The van der Waals surface area contributed by atoms with Crippen LogP contribution in [-0.2, 0) is 28.5 Å². The quantitative estimate of drug-likeness (QED) is 0.0448. The van der Waals surface area contributed by atoms with Crippen LogP contribution < -0.4 is 0 Å². The molecule has 0 atom stereocenters. The van der Waals surface area contributed by atoms with Crippen LogP contribution in [0, 0.1) is 0 Å². The van der Waals surface area contributed by atoms with Gasteiger partial charge in [0.2, 0.25) is 0 Å². The summed E-state index contributed by atoms with van der Waals surface area (Å²) >= 11 is 0. The Morgan fingerprint density at radius 1 is 0.389 bits per heavy atom. The van der Waals surface area contributed by atoms with E-state index in [9.17, 15) is 9.59 Å². The number of hydrogen-bond acceptors (Lipinski definition) is 8. The van der Waals surface area contributed by atoms with Crippen LogP contribution >= 0.6 is 0 Å². The van der Waals surface area contributed by atoms with Crippen LogP contribution in [0.4, 0.5) is 0 Å². The van der Waals surface area contributed by atoms with Crippen LogP contribution in [0.3, 0.4) is 0 Å². The summed E-state index contributed by atoms with van der Waals surface area (Å²) in [6.45, 7) is 20.5. The highest BCUT2D eigenvalue weighted by Gasteiger charge is 2.17. The predicted octanol–water partition coefficient (Wildman–Crippen LogP) is 11.7. The normalized spacial score (nSPS) is 11.8. The highest BCUT2D eigenvalue weighted by molar-refractivity contribution is 5.70. The molecule has 0 aliphatic carbocycles. The molecule has 0 rings (SSSR count). The lowest BCUT2D eigenvalue weighted by Gasteiger charge is -2.33. The van der Waals surface area contributed by atoms with Gasteiger partial charge in [-0.15, -0.1) is 0 Å². The van der Waals surface area contributed by atoms with E-state index in [-0.39, 0.29) is 11.9 Å². The fraction of sp³-hybridized carbons (Fsp3) is 0.957. The molecule has 0 saturated carbocycles. The van der Waals surface area contributed by atoms with Gasteiger partial charge in [-0.25, -0.2) is 0 Å². The smallest absolute Gasteiger partial charge is 0.307 e. The monoisotopic (exact) mass is 769 g/mol. The van der Waals surface area contributed by atoms with E-state index in [1.165, 1.54) is 103 Å². The van der Waals surface area contributed by atoms with Crippen LogP contribution in [0.5, 0.6) is 0 Å². The molecule has 322 valence electrons. The van der Waals surface area contributed by atoms with Gasteiger partial charge in [-0.2, -0.15) is 0 Å². The lowest BCUT2D eigenvalue weighted by atomic mass is 10.1. The lowest BCUT2D eigenvalue weighted by molar-refractivity contribution is -0.144. The molecule has 8 heteroatoms. The molecule has 0 aliphatic rings. The number of esters is 2. The summed E-state index contributed by atoms with van der Waals surface area (Å²) in [4.78, 5) is 29.8. The zero-order chi connectivity index (χ0) is 39.7. The Labute approximate surface area is 335 Å². The van der Waals surface area contributed by atoms with E-state index >= 15 is 0 Å². The molecule has 0 heterocycles. The minimum atomic E-state index is -0.161. The molecule has 8 nitrogen and oxygen atoms in total. The zero-order valence-corrected chi connectivity index (χ0v) is 37.0. The SMILES string of the molecule is CCCCCCCCCCCOCCCCCOC(=O)CCN(CCC(=O)OCCCCCOCCCCCCCCCCC)CCN(C(C)C)C(C)C. The van der Waals surface area contributed by atoms with E-state index in [0.29, 0.717) is 51.2 Å². The lowest BCUT2D eigenvalue weighted by Crippen LogP contribution is -2.43. The van der Waals surface area contributed by atoms with Crippen molar-refractivity contribution in [3.63, 3.8) is 0 Å². The summed E-state index contributed by atoms with van der Waals surface area (Å²) in [5, 5.41) is 0. The third-order valence-electron chi connectivity index (χ3n) is 10.4. The third kappa shape index (κ3) is 37.7. The van der Waals surface area contributed by atoms with Crippen LogP contribution in [-0.4, -0.2) is 99.6 Å². The molecule has 0 unspecified atom stereocenters. The molecule has 0 aromatic rings. The minimum absolute atomic E-state index is 0.161. The fourth-order valence-electron chi connectivity index (χ4n) is 6.92. The number of ether oxygens (including phenoxy) is 4. The Bertz CT molecular complexity index is 735. The molecule has 54 heavy (non-hydrogen) atoms. The van der Waals surface area contributed by atoms with Gasteiger partial charge >= 0.3 is 11.9 Å². The van der Waals surface area contributed by atoms with E-state index in [0.717, 1.165) is 90.9 Å². The molecular formula is C46H92N2O6. The summed E-state index contributed by atoms with van der Waals surface area (Å²) in [5.41, 5.74) is 0. The largest absolute Gasteiger partial charge is 0.466 e. The van der Waals surface area contributed by atoms with Crippen molar-refractivity contribution < 1.29 is 28.5 Å². The van der Waals surface area contributed by atoms with E-state index < -0.39 is 0 Å². The standard InChI is InChI=1S/C46H92N2O6/c1-7-9-11-13-15-17-19-21-25-37-51-39-27-23-29-41-53-45(49)31-33-47(35-36-48(43(3)4)44(5)6)34-32-46(50)54-42-30-24-28-40-52-38-26-22-20-18-16-14-12-10-8-2/h43-44H,7-42H2,1-6H3. The topological polar surface area (TPSA) is 77.5 Å². The van der Waals surface area contributed by atoms with Gasteiger partial charge in [0.05, 0.1) is 26.1 Å². The Morgan fingerprint density at radius 2 is 0.685 bits per heavy atom. The van der Waals surface area contributed by atoms with Gasteiger partial charge in [-0.3, -0.25) is 14.5 Å². The van der Waals surface area contributed by atoms with E-state index in [1.807, 2.05) is 0 Å². The minimum Gasteiger partial charge on any atom is -0.466 e. The molecule has 0 aromatic carbocycles. The average Bonchev–Trinajstić information content (AvgIpc) is 3.15. The Kier molecular flexibility index (Phi) is 40.5. The van der Waals surface area contributed by atoms with E-state index in [1.54, 1.807) is 0 Å². The molecular weight excluding hydrogens is 677 g/mol. The molecule has 0 fully saturated rings. The number of carbonyl (C=O) groups excluding carboxylic acids is 2. The predicted molar refractivity (Wildman–Crippen MR) is 228 cm³/mol. The summed E-state index contributed by atoms with van der Waals surface area (Å²) < 4.78 is 22.7. The van der Waals surface area contributed by atoms with Crippen molar-refractivity contribution in [3.8, 4) is 0 Å². The third-order valence-corrected chi connectivity index (χ3v) is 10.4. The van der Waals surface area contributed by atoms with Crippen molar-refractivity contribution >= 4 is 11.9 Å². The molecule has 0 spiro atoms. The number of rotatable bonds is 43. The Balaban J connectivity index is 4.07. The summed E-state index contributed by atoms with van der Waals surface area (Å²) in [7, 11) is 0. The van der Waals surface area contributed by atoms with Gasteiger partial charge in [-0.1, -0.05) is 117 Å². The van der Waals surface area contributed by atoms with E-state index in [2.05, 4.69) is 51.3 Å². The zero-order valence-electron chi connectivity index (χ0n) is 37.0. The molecule has 0 bridgehead atoms. The summed E-state index contributed by atoms with van der Waals surface area (Å²) in [6, 6.07) is 0.866. The second-order valence-electron chi connectivity index (χ2n) is 16.2. The maximum atomic E-state index is 12.6. The van der Waals surface area contributed by atoms with Crippen molar-refractivity contribution in [3.05, 3.63) is 0 Å². The average molecular weight is 769 g/mol. The van der Waals surface area contributed by atoms with Gasteiger partial charge in [0.15, 0.2) is 0 Å². The first-order chi connectivity index (χ1) is 26.3. The van der Waals surface area contributed by atoms with E-state index in [4.69, 9.17) is 18.9 Å². The summed E-state index contributed by atoms with van der Waals surface area (Å²) in [6.07, 6.45) is 30.4. The molecule has 0 N–H and O–H groups in total. The molecule has 0 saturated heterocycles. The van der Waals surface area contributed by atoms with Crippen LogP contribution in [0.2, 0.25) is 0 Å². The molecule has 0 aromatic heterocycles. The molecule has 0 amide bonds. The summed E-state index contributed by atoms with van der Waals surface area (Å²) in [5.74, 6) is -0.322. The van der Waals surface area contributed by atoms with Gasteiger partial charge < -0.3 is 23.8 Å². The molecule has 0 aliphatic heterocycles. The first kappa shape index (κ1) is 52.8. The number of carbonyl (C=O) groups is 2. The van der Waals surface area contributed by atoms with Gasteiger partial charge in [0, 0.05) is 64.7 Å². The van der Waals surface area contributed by atoms with Gasteiger partial charge in [0.25, 0.3) is 0 Å². The van der Waals surface area contributed by atoms with Gasteiger partial charge in [0.1, 0.15) is 0 Å². The number of unbranched alkanes of at least 4 members (excludes halogenated alkanes) is 20. The van der Waals surface area contributed by atoms with Crippen LogP contribution in [0.15, 0.2) is 0 Å². The Morgan fingerprint density at radius 3 is 1.02 bits per heavy atom. The Hall–Kier alpha value is -1.22. The maximum absolute atomic E-state index is 12.6. The highest BCUT2D eigenvalue weighted by Crippen LogP contribution is 2.12. The van der Waals surface area contributed by atoms with Crippen LogP contribution in [0.25, 0.3) is 0 Å². The first-order valence-electron chi connectivity index (χ1n) is 23.3. The maximum Gasteiger partial charge on any atom is 0.307 e.